The van der Waals surface area contributed by atoms with E-state index in [9.17, 15) is 4.79 Å². The third kappa shape index (κ3) is 6.93. The lowest BCUT2D eigenvalue weighted by Crippen LogP contribution is -2.44. The van der Waals surface area contributed by atoms with Crippen LogP contribution in [-0.4, -0.2) is 11.0 Å². The van der Waals surface area contributed by atoms with Crippen LogP contribution in [0.25, 0.3) is 0 Å². The first-order chi connectivity index (χ1) is 12.1. The van der Waals surface area contributed by atoms with Crippen molar-refractivity contribution in [1.82, 2.24) is 10.9 Å². The second-order valence-corrected chi connectivity index (χ2v) is 6.50. The fourth-order valence-corrected chi connectivity index (χ4v) is 2.53. The summed E-state index contributed by atoms with van der Waals surface area (Å²) in [5.41, 5.74) is 9.69. The van der Waals surface area contributed by atoms with E-state index in [1.807, 2.05) is 43.3 Å². The highest BCUT2D eigenvalue weighted by Gasteiger charge is 2.04. The molecule has 4 nitrogen and oxygen atoms in total. The number of carbonyl (C=O) groups excluding carboxylic acids is 1. The number of hydrazine groups is 1. The summed E-state index contributed by atoms with van der Waals surface area (Å²) in [6.45, 7) is 4.21. The van der Waals surface area contributed by atoms with Gasteiger partial charge in [-0.1, -0.05) is 55.3 Å². The Labute approximate surface area is 155 Å². The molecule has 0 saturated carbocycles. The molecule has 25 heavy (non-hydrogen) atoms. The van der Waals surface area contributed by atoms with Crippen LogP contribution in [-0.2, 0) is 17.6 Å². The summed E-state index contributed by atoms with van der Waals surface area (Å²) in [5, 5.41) is 3.42. The maximum atomic E-state index is 11.9. The zero-order valence-corrected chi connectivity index (χ0v) is 15.6. The normalized spacial score (nSPS) is 10.2. The first kappa shape index (κ1) is 18.9. The predicted molar refractivity (Wildman–Crippen MR) is 107 cm³/mol. The number of unbranched alkanes of at least 4 members (excludes halogenated alkanes) is 1. The van der Waals surface area contributed by atoms with Crippen LogP contribution in [0.3, 0.4) is 0 Å². The van der Waals surface area contributed by atoms with E-state index in [4.69, 9.17) is 12.2 Å². The van der Waals surface area contributed by atoms with Crippen molar-refractivity contribution in [1.29, 1.82) is 0 Å². The van der Waals surface area contributed by atoms with Gasteiger partial charge < -0.3 is 5.32 Å². The average Bonchev–Trinajstić information content (AvgIpc) is 2.61. The number of carbonyl (C=O) groups is 1. The Balaban J connectivity index is 1.74. The minimum absolute atomic E-state index is 0.136. The summed E-state index contributed by atoms with van der Waals surface area (Å²) < 4.78 is 0. The molecule has 0 atom stereocenters. The Hall–Kier alpha value is -2.40. The molecule has 2 rings (SSSR count). The van der Waals surface area contributed by atoms with Gasteiger partial charge in [-0.05, 0) is 55.2 Å². The summed E-state index contributed by atoms with van der Waals surface area (Å²) >= 11 is 5.20. The molecule has 3 N–H and O–H groups in total. The molecule has 0 fully saturated rings. The first-order valence-corrected chi connectivity index (χ1v) is 8.98. The Morgan fingerprint density at radius 3 is 2.24 bits per heavy atom. The molecule has 0 aliphatic carbocycles. The monoisotopic (exact) mass is 355 g/mol. The van der Waals surface area contributed by atoms with Crippen LogP contribution in [0, 0.1) is 6.92 Å². The van der Waals surface area contributed by atoms with Crippen molar-refractivity contribution in [2.75, 3.05) is 5.32 Å². The predicted octanol–water partition coefficient (Wildman–Crippen LogP) is 3.90. The largest absolute Gasteiger partial charge is 0.331 e. The van der Waals surface area contributed by atoms with Gasteiger partial charge in [0, 0.05) is 5.69 Å². The molecular formula is C20H25N3OS. The van der Waals surface area contributed by atoms with E-state index in [1.54, 1.807) is 0 Å². The minimum atomic E-state index is -0.136. The highest BCUT2D eigenvalue weighted by atomic mass is 32.1. The topological polar surface area (TPSA) is 53.2 Å². The van der Waals surface area contributed by atoms with Gasteiger partial charge in [-0.3, -0.25) is 15.6 Å². The van der Waals surface area contributed by atoms with Gasteiger partial charge in [0.15, 0.2) is 5.11 Å². The zero-order chi connectivity index (χ0) is 18.1. The lowest BCUT2D eigenvalue weighted by molar-refractivity contribution is -0.120. The molecule has 0 unspecified atom stereocenters. The van der Waals surface area contributed by atoms with Gasteiger partial charge in [0.1, 0.15) is 0 Å². The van der Waals surface area contributed by atoms with Crippen LogP contribution in [0.4, 0.5) is 5.69 Å². The lowest BCUT2D eigenvalue weighted by Gasteiger charge is -2.12. The number of aryl methyl sites for hydroxylation is 2. The second kappa shape index (κ2) is 9.79. The standard InChI is InChI=1S/C20H25N3OS/c1-3-4-5-16-10-12-18(13-11-16)21-20(25)23-22-19(24)14-17-8-6-15(2)7-9-17/h6-13H,3-5,14H2,1-2H3,(H,22,24)(H2,21,23,25). The Morgan fingerprint density at radius 2 is 1.60 bits per heavy atom. The van der Waals surface area contributed by atoms with Crippen molar-refractivity contribution in [2.45, 2.75) is 39.5 Å². The van der Waals surface area contributed by atoms with E-state index in [0.29, 0.717) is 11.5 Å². The van der Waals surface area contributed by atoms with Crippen molar-refractivity contribution < 1.29 is 4.79 Å². The van der Waals surface area contributed by atoms with Gasteiger partial charge in [0.25, 0.3) is 0 Å². The maximum absolute atomic E-state index is 11.9. The van der Waals surface area contributed by atoms with Gasteiger partial charge in [0.05, 0.1) is 6.42 Å². The number of anilines is 1. The molecule has 2 aromatic rings. The fraction of sp³-hybridized carbons (Fsp3) is 0.300. The van der Waals surface area contributed by atoms with Crippen LogP contribution in [0.15, 0.2) is 48.5 Å². The van der Waals surface area contributed by atoms with Gasteiger partial charge in [-0.2, -0.15) is 0 Å². The summed E-state index contributed by atoms with van der Waals surface area (Å²) in [7, 11) is 0. The number of hydrogen-bond acceptors (Lipinski definition) is 2. The third-order valence-electron chi connectivity index (χ3n) is 3.83. The van der Waals surface area contributed by atoms with Gasteiger partial charge >= 0.3 is 0 Å². The Bertz CT molecular complexity index is 696. The minimum Gasteiger partial charge on any atom is -0.331 e. The lowest BCUT2D eigenvalue weighted by atomic mass is 10.1. The van der Waals surface area contributed by atoms with Gasteiger partial charge in [-0.25, -0.2) is 0 Å². The fourth-order valence-electron chi connectivity index (χ4n) is 2.36. The average molecular weight is 356 g/mol. The number of rotatable bonds is 6. The number of hydrogen-bond donors (Lipinski definition) is 3. The van der Waals surface area contributed by atoms with E-state index in [2.05, 4.69) is 35.2 Å². The molecule has 132 valence electrons. The first-order valence-electron chi connectivity index (χ1n) is 8.57. The molecule has 0 aliphatic rings. The molecule has 0 aliphatic heterocycles. The SMILES string of the molecule is CCCCc1ccc(NC(=S)NNC(=O)Cc2ccc(C)cc2)cc1. The Morgan fingerprint density at radius 1 is 0.960 bits per heavy atom. The molecule has 5 heteroatoms. The molecule has 0 saturated heterocycles. The summed E-state index contributed by atoms with van der Waals surface area (Å²) in [5.74, 6) is -0.136. The van der Waals surface area contributed by atoms with Crippen LogP contribution in [0.2, 0.25) is 0 Å². The van der Waals surface area contributed by atoms with Crippen molar-refractivity contribution in [3.8, 4) is 0 Å². The number of nitrogens with one attached hydrogen (secondary N) is 3. The van der Waals surface area contributed by atoms with Crippen LogP contribution in [0.1, 0.15) is 36.5 Å². The quantitative estimate of drug-likeness (QED) is 0.543. The summed E-state index contributed by atoms with van der Waals surface area (Å²) in [6, 6.07) is 16.1. The smallest absolute Gasteiger partial charge is 0.242 e. The van der Waals surface area contributed by atoms with Crippen LogP contribution >= 0.6 is 12.2 Å². The van der Waals surface area contributed by atoms with E-state index in [1.165, 1.54) is 24.0 Å². The number of benzene rings is 2. The van der Waals surface area contributed by atoms with Crippen LogP contribution in [0.5, 0.6) is 0 Å². The van der Waals surface area contributed by atoms with E-state index < -0.39 is 0 Å². The van der Waals surface area contributed by atoms with Gasteiger partial charge in [0.2, 0.25) is 5.91 Å². The van der Waals surface area contributed by atoms with Crippen molar-refractivity contribution in [2.24, 2.45) is 0 Å². The third-order valence-corrected chi connectivity index (χ3v) is 4.04. The molecule has 0 spiro atoms. The number of thiocarbonyl (C=S) groups is 1. The maximum Gasteiger partial charge on any atom is 0.242 e. The van der Waals surface area contributed by atoms with Crippen LogP contribution < -0.4 is 16.2 Å². The highest BCUT2D eigenvalue weighted by molar-refractivity contribution is 7.80. The van der Waals surface area contributed by atoms with Crippen molar-refractivity contribution in [3.63, 3.8) is 0 Å². The summed E-state index contributed by atoms with van der Waals surface area (Å²) in [4.78, 5) is 11.9. The van der Waals surface area contributed by atoms with E-state index >= 15 is 0 Å². The summed E-state index contributed by atoms with van der Waals surface area (Å²) in [6.07, 6.45) is 3.78. The Kier molecular flexibility index (Phi) is 7.41. The van der Waals surface area contributed by atoms with E-state index in [0.717, 1.165) is 17.7 Å². The van der Waals surface area contributed by atoms with E-state index in [-0.39, 0.29) is 5.91 Å². The van der Waals surface area contributed by atoms with Crippen molar-refractivity contribution >= 4 is 28.9 Å². The van der Waals surface area contributed by atoms with Gasteiger partial charge in [-0.15, -0.1) is 0 Å². The van der Waals surface area contributed by atoms with Crippen molar-refractivity contribution in [3.05, 3.63) is 65.2 Å². The molecule has 0 radical (unpaired) electrons. The molecular weight excluding hydrogens is 330 g/mol. The highest BCUT2D eigenvalue weighted by Crippen LogP contribution is 2.11. The molecule has 0 bridgehead atoms. The molecule has 0 aromatic heterocycles. The molecule has 1 amide bonds. The zero-order valence-electron chi connectivity index (χ0n) is 14.8. The number of amides is 1. The second-order valence-electron chi connectivity index (χ2n) is 6.09. The molecule has 2 aromatic carbocycles. The molecule has 0 heterocycles.